The Balaban J connectivity index is 1.73. The van der Waals surface area contributed by atoms with Gasteiger partial charge in [-0.05, 0) is 29.8 Å². The third-order valence-electron chi connectivity index (χ3n) is 3.43. The number of anilines is 1. The minimum absolute atomic E-state index is 0.203. The average molecular weight is 415 g/mol. The molecule has 8 heteroatoms. The van der Waals surface area contributed by atoms with E-state index < -0.39 is 0 Å². The first kappa shape index (κ1) is 18.1. The molecule has 1 heterocycles. The molecule has 0 saturated heterocycles. The highest BCUT2D eigenvalue weighted by Gasteiger charge is 2.14. The van der Waals surface area contributed by atoms with Crippen LogP contribution in [0.15, 0.2) is 48.7 Å². The third kappa shape index (κ3) is 4.28. The summed E-state index contributed by atoms with van der Waals surface area (Å²) in [7, 11) is 0. The minimum atomic E-state index is -0.387. The molecule has 0 aliphatic carbocycles. The lowest BCUT2D eigenvalue weighted by molar-refractivity contribution is 0.102. The summed E-state index contributed by atoms with van der Waals surface area (Å²) in [5.74, 6) is 0.00778. The van der Waals surface area contributed by atoms with Crippen LogP contribution in [0.2, 0.25) is 20.1 Å². The van der Waals surface area contributed by atoms with Crippen LogP contribution >= 0.6 is 46.4 Å². The van der Waals surface area contributed by atoms with Crippen LogP contribution in [0, 0.1) is 0 Å². The van der Waals surface area contributed by atoms with Gasteiger partial charge in [-0.25, -0.2) is 0 Å². The van der Waals surface area contributed by atoms with E-state index in [1.807, 2.05) is 6.07 Å². The molecule has 0 radical (unpaired) electrons. The summed E-state index contributed by atoms with van der Waals surface area (Å²) in [4.78, 5) is 12.3. The SMILES string of the molecule is O=C(Nc1ccn(Cc2ccc(Cl)cc2Cl)n1)c1cccc(Cl)c1Cl. The Hall–Kier alpha value is -1.72. The molecule has 0 atom stereocenters. The predicted molar refractivity (Wildman–Crippen MR) is 102 cm³/mol. The number of amides is 1. The molecule has 128 valence electrons. The van der Waals surface area contributed by atoms with E-state index in [1.54, 1.807) is 47.3 Å². The molecule has 0 aliphatic rings. The summed E-state index contributed by atoms with van der Waals surface area (Å²) >= 11 is 24.0. The van der Waals surface area contributed by atoms with E-state index in [-0.39, 0.29) is 16.5 Å². The maximum absolute atomic E-state index is 12.3. The van der Waals surface area contributed by atoms with Gasteiger partial charge in [-0.3, -0.25) is 9.48 Å². The zero-order valence-corrected chi connectivity index (χ0v) is 15.7. The van der Waals surface area contributed by atoms with E-state index >= 15 is 0 Å². The fourth-order valence-corrected chi connectivity index (χ4v) is 3.06. The molecule has 1 N–H and O–H groups in total. The maximum Gasteiger partial charge on any atom is 0.258 e. The summed E-state index contributed by atoms with van der Waals surface area (Å²) in [6.45, 7) is 0.448. The third-order valence-corrected chi connectivity index (χ3v) is 4.83. The first-order valence-electron chi connectivity index (χ1n) is 7.17. The minimum Gasteiger partial charge on any atom is -0.305 e. The number of nitrogens with zero attached hydrogens (tertiary/aromatic N) is 2. The van der Waals surface area contributed by atoms with Crippen molar-refractivity contribution >= 4 is 58.1 Å². The average Bonchev–Trinajstić information content (AvgIpc) is 2.99. The molecule has 25 heavy (non-hydrogen) atoms. The van der Waals surface area contributed by atoms with Gasteiger partial charge in [0.25, 0.3) is 5.91 Å². The van der Waals surface area contributed by atoms with Gasteiger partial charge in [-0.2, -0.15) is 5.10 Å². The van der Waals surface area contributed by atoms with Crippen LogP contribution in [0.25, 0.3) is 0 Å². The Morgan fingerprint density at radius 3 is 2.60 bits per heavy atom. The topological polar surface area (TPSA) is 46.9 Å². The van der Waals surface area contributed by atoms with Crippen LogP contribution in [-0.4, -0.2) is 15.7 Å². The predicted octanol–water partition coefficient (Wildman–Crippen LogP) is 5.80. The molecule has 4 nitrogen and oxygen atoms in total. The summed E-state index contributed by atoms with van der Waals surface area (Å²) in [6, 6.07) is 11.8. The van der Waals surface area contributed by atoms with Gasteiger partial charge in [-0.15, -0.1) is 0 Å². The van der Waals surface area contributed by atoms with Gasteiger partial charge in [0.05, 0.1) is 22.2 Å². The molecule has 0 saturated carbocycles. The van der Waals surface area contributed by atoms with Gasteiger partial charge < -0.3 is 5.32 Å². The van der Waals surface area contributed by atoms with Gasteiger partial charge in [0, 0.05) is 22.3 Å². The van der Waals surface area contributed by atoms with Gasteiger partial charge in [-0.1, -0.05) is 58.5 Å². The summed E-state index contributed by atoms with van der Waals surface area (Å²) in [5, 5.41) is 8.64. The molecule has 0 bridgehead atoms. The van der Waals surface area contributed by atoms with Crippen molar-refractivity contribution in [1.29, 1.82) is 0 Å². The number of hydrogen-bond donors (Lipinski definition) is 1. The zero-order valence-electron chi connectivity index (χ0n) is 12.6. The number of halogens is 4. The van der Waals surface area contributed by atoms with Crippen molar-refractivity contribution in [2.45, 2.75) is 6.54 Å². The lowest BCUT2D eigenvalue weighted by atomic mass is 10.2. The second kappa shape index (κ2) is 7.67. The Kier molecular flexibility index (Phi) is 5.54. The van der Waals surface area contributed by atoms with Crippen LogP contribution in [0.3, 0.4) is 0 Å². The van der Waals surface area contributed by atoms with Crippen molar-refractivity contribution in [3.63, 3.8) is 0 Å². The molecule has 0 spiro atoms. The smallest absolute Gasteiger partial charge is 0.258 e. The lowest BCUT2D eigenvalue weighted by Gasteiger charge is -2.06. The maximum atomic E-state index is 12.3. The van der Waals surface area contributed by atoms with Gasteiger partial charge in [0.1, 0.15) is 0 Å². The van der Waals surface area contributed by atoms with Crippen molar-refractivity contribution < 1.29 is 4.79 Å². The standard InChI is InChI=1S/C17H11Cl4N3O/c18-11-5-4-10(14(20)8-11)9-24-7-6-15(23-24)22-17(25)12-2-1-3-13(19)16(12)21/h1-8H,9H2,(H,22,23,25). The molecular weight excluding hydrogens is 404 g/mol. The number of nitrogens with one attached hydrogen (secondary N) is 1. The van der Waals surface area contributed by atoms with Crippen molar-refractivity contribution in [3.05, 3.63) is 79.9 Å². The van der Waals surface area contributed by atoms with Crippen molar-refractivity contribution in [2.24, 2.45) is 0 Å². The van der Waals surface area contributed by atoms with Crippen LogP contribution in [0.4, 0.5) is 5.82 Å². The lowest BCUT2D eigenvalue weighted by Crippen LogP contribution is -2.13. The fraction of sp³-hybridized carbons (Fsp3) is 0.0588. The van der Waals surface area contributed by atoms with Crippen molar-refractivity contribution in [3.8, 4) is 0 Å². The molecule has 1 aromatic heterocycles. The highest BCUT2D eigenvalue weighted by atomic mass is 35.5. The molecule has 0 aliphatic heterocycles. The highest BCUT2D eigenvalue weighted by molar-refractivity contribution is 6.44. The van der Waals surface area contributed by atoms with E-state index in [1.165, 1.54) is 0 Å². The largest absolute Gasteiger partial charge is 0.305 e. The van der Waals surface area contributed by atoms with Crippen LogP contribution in [0.1, 0.15) is 15.9 Å². The molecule has 0 fully saturated rings. The second-order valence-corrected chi connectivity index (χ2v) is 6.82. The number of hydrogen-bond acceptors (Lipinski definition) is 2. The van der Waals surface area contributed by atoms with Crippen LogP contribution in [-0.2, 0) is 6.54 Å². The first-order chi connectivity index (χ1) is 11.9. The normalized spacial score (nSPS) is 10.7. The van der Waals surface area contributed by atoms with E-state index in [0.29, 0.717) is 27.4 Å². The fourth-order valence-electron chi connectivity index (χ4n) is 2.20. The van der Waals surface area contributed by atoms with E-state index in [2.05, 4.69) is 10.4 Å². The second-order valence-electron chi connectivity index (χ2n) is 5.19. The monoisotopic (exact) mass is 413 g/mol. The summed E-state index contributed by atoms with van der Waals surface area (Å²) < 4.78 is 1.66. The molecule has 3 aromatic rings. The number of aromatic nitrogens is 2. The number of rotatable bonds is 4. The molecule has 2 aromatic carbocycles. The number of benzene rings is 2. The first-order valence-corrected chi connectivity index (χ1v) is 8.68. The van der Waals surface area contributed by atoms with E-state index in [9.17, 15) is 4.79 Å². The van der Waals surface area contributed by atoms with E-state index in [0.717, 1.165) is 5.56 Å². The van der Waals surface area contributed by atoms with Crippen molar-refractivity contribution in [1.82, 2.24) is 9.78 Å². The zero-order chi connectivity index (χ0) is 18.0. The van der Waals surface area contributed by atoms with Crippen molar-refractivity contribution in [2.75, 3.05) is 5.32 Å². The summed E-state index contributed by atoms with van der Waals surface area (Å²) in [5.41, 5.74) is 1.15. The highest BCUT2D eigenvalue weighted by Crippen LogP contribution is 2.26. The van der Waals surface area contributed by atoms with Crippen LogP contribution in [0.5, 0.6) is 0 Å². The quantitative estimate of drug-likeness (QED) is 0.586. The number of carbonyl (C=O) groups is 1. The Labute approximate surface area is 164 Å². The molecule has 1 amide bonds. The molecule has 3 rings (SSSR count). The Morgan fingerprint density at radius 1 is 1.04 bits per heavy atom. The summed E-state index contributed by atoms with van der Waals surface area (Å²) in [6.07, 6.45) is 1.74. The molecular formula is C17H11Cl4N3O. The van der Waals surface area contributed by atoms with Gasteiger partial charge >= 0.3 is 0 Å². The Bertz CT molecular complexity index is 939. The molecule has 0 unspecified atom stereocenters. The number of carbonyl (C=O) groups excluding carboxylic acids is 1. The van der Waals surface area contributed by atoms with Crippen LogP contribution < -0.4 is 5.32 Å². The van der Waals surface area contributed by atoms with Gasteiger partial charge in [0.15, 0.2) is 5.82 Å². The van der Waals surface area contributed by atoms with E-state index in [4.69, 9.17) is 46.4 Å². The van der Waals surface area contributed by atoms with Gasteiger partial charge in [0.2, 0.25) is 0 Å². The Morgan fingerprint density at radius 2 is 1.84 bits per heavy atom.